The molecule has 5 rings (SSSR count). The maximum absolute atomic E-state index is 4.99. The maximum atomic E-state index is 4.99. The fraction of sp³-hybridized carbons (Fsp3) is 0.318. The number of pyridine rings is 1. The molecule has 6 heteroatoms. The summed E-state index contributed by atoms with van der Waals surface area (Å²) in [6.45, 7) is 7.76. The summed E-state index contributed by atoms with van der Waals surface area (Å²) < 4.78 is 4.13. The number of rotatable bonds is 3. The monoisotopic (exact) mass is 372 g/mol. The largest absolute Gasteiger partial charge is 0.311 e. The van der Waals surface area contributed by atoms with Crippen LogP contribution in [0.1, 0.15) is 28.9 Å². The van der Waals surface area contributed by atoms with Gasteiger partial charge in [-0.25, -0.2) is 9.67 Å². The summed E-state index contributed by atoms with van der Waals surface area (Å²) >= 11 is 0. The third-order valence-electron chi connectivity index (χ3n) is 5.41. The molecule has 0 unspecified atom stereocenters. The van der Waals surface area contributed by atoms with Crippen LogP contribution in [-0.2, 0) is 19.6 Å². The summed E-state index contributed by atoms with van der Waals surface area (Å²) in [4.78, 5) is 4.99. The summed E-state index contributed by atoms with van der Waals surface area (Å²) in [5.41, 5.74) is 7.44. The van der Waals surface area contributed by atoms with Gasteiger partial charge in [-0.15, -0.1) is 0 Å². The number of fused-ring (bicyclic) bond motifs is 2. The van der Waals surface area contributed by atoms with Crippen molar-refractivity contribution in [2.24, 2.45) is 0 Å². The van der Waals surface area contributed by atoms with Crippen LogP contribution in [0, 0.1) is 13.8 Å². The lowest BCUT2D eigenvalue weighted by Crippen LogP contribution is -2.11. The minimum absolute atomic E-state index is 0.713. The van der Waals surface area contributed by atoms with E-state index < -0.39 is 0 Å². The van der Waals surface area contributed by atoms with Gasteiger partial charge in [0.05, 0.1) is 23.6 Å². The molecular formula is C22H24N6. The first-order chi connectivity index (χ1) is 13.7. The van der Waals surface area contributed by atoms with E-state index in [-0.39, 0.29) is 0 Å². The minimum atomic E-state index is 0.713. The van der Waals surface area contributed by atoms with E-state index in [1.807, 2.05) is 10.7 Å². The Labute approximate surface area is 164 Å². The van der Waals surface area contributed by atoms with Crippen LogP contribution in [0.25, 0.3) is 22.4 Å². The second kappa shape index (κ2) is 6.87. The van der Waals surface area contributed by atoms with E-state index in [4.69, 9.17) is 15.2 Å². The van der Waals surface area contributed by atoms with Gasteiger partial charge in [-0.2, -0.15) is 10.2 Å². The Balaban J connectivity index is 1.60. The first kappa shape index (κ1) is 17.1. The van der Waals surface area contributed by atoms with Gasteiger partial charge in [0.25, 0.3) is 0 Å². The Hall–Kier alpha value is -2.99. The summed E-state index contributed by atoms with van der Waals surface area (Å²) in [5, 5.41) is 14.2. The van der Waals surface area contributed by atoms with Gasteiger partial charge in [-0.05, 0) is 50.1 Å². The lowest BCUT2D eigenvalue weighted by atomic mass is 10.1. The Bertz CT molecular complexity index is 1120. The van der Waals surface area contributed by atoms with Crippen LogP contribution in [0.4, 0.5) is 0 Å². The summed E-state index contributed by atoms with van der Waals surface area (Å²) in [5.74, 6) is 0. The standard InChI is InChI=1S/C22H24N6/c1-15-11-19(20-12-18-13-23-9-6-10-27(18)26-20)24-22-21(15)16(2)25-28(22)14-17-7-4-3-5-8-17/h3-5,7-8,11-12,23H,6,9-10,13-14H2,1-2H3. The van der Waals surface area contributed by atoms with Gasteiger partial charge < -0.3 is 5.32 Å². The van der Waals surface area contributed by atoms with Crippen molar-refractivity contribution in [1.82, 2.24) is 29.9 Å². The highest BCUT2D eigenvalue weighted by Gasteiger charge is 2.17. The molecule has 4 aromatic rings. The van der Waals surface area contributed by atoms with Crippen molar-refractivity contribution in [1.29, 1.82) is 0 Å². The number of aryl methyl sites for hydroxylation is 3. The van der Waals surface area contributed by atoms with E-state index in [1.54, 1.807) is 0 Å². The van der Waals surface area contributed by atoms with Crippen LogP contribution in [-0.4, -0.2) is 31.1 Å². The number of aromatic nitrogens is 5. The maximum Gasteiger partial charge on any atom is 0.159 e. The predicted molar refractivity (Wildman–Crippen MR) is 110 cm³/mol. The Morgan fingerprint density at radius 2 is 1.89 bits per heavy atom. The highest BCUT2D eigenvalue weighted by atomic mass is 15.3. The van der Waals surface area contributed by atoms with Crippen LogP contribution in [0.5, 0.6) is 0 Å². The van der Waals surface area contributed by atoms with Crippen LogP contribution in [0.2, 0.25) is 0 Å². The molecule has 0 saturated carbocycles. The predicted octanol–water partition coefficient (Wildman–Crippen LogP) is 3.45. The molecule has 1 aromatic carbocycles. The molecule has 0 atom stereocenters. The van der Waals surface area contributed by atoms with Crippen molar-refractivity contribution < 1.29 is 0 Å². The van der Waals surface area contributed by atoms with Gasteiger partial charge >= 0.3 is 0 Å². The Morgan fingerprint density at radius 3 is 2.75 bits per heavy atom. The van der Waals surface area contributed by atoms with Crippen molar-refractivity contribution in [3.8, 4) is 11.4 Å². The van der Waals surface area contributed by atoms with Crippen molar-refractivity contribution in [2.45, 2.75) is 39.9 Å². The molecule has 28 heavy (non-hydrogen) atoms. The van der Waals surface area contributed by atoms with Gasteiger partial charge in [0.2, 0.25) is 0 Å². The summed E-state index contributed by atoms with van der Waals surface area (Å²) in [7, 11) is 0. The molecule has 0 saturated heterocycles. The van der Waals surface area contributed by atoms with Gasteiger partial charge in [0.1, 0.15) is 5.69 Å². The molecule has 0 bridgehead atoms. The summed E-state index contributed by atoms with van der Waals surface area (Å²) in [6, 6.07) is 14.7. The topological polar surface area (TPSA) is 60.6 Å². The number of nitrogens with zero attached hydrogens (tertiary/aromatic N) is 5. The van der Waals surface area contributed by atoms with E-state index in [9.17, 15) is 0 Å². The molecule has 1 aliphatic rings. The van der Waals surface area contributed by atoms with E-state index in [2.05, 4.69) is 60.2 Å². The fourth-order valence-electron chi connectivity index (χ4n) is 4.05. The molecule has 4 heterocycles. The Kier molecular flexibility index (Phi) is 4.20. The highest BCUT2D eigenvalue weighted by molar-refractivity contribution is 5.84. The van der Waals surface area contributed by atoms with Crippen LogP contribution >= 0.6 is 0 Å². The number of nitrogens with one attached hydrogen (secondary N) is 1. The quantitative estimate of drug-likeness (QED) is 0.598. The first-order valence-electron chi connectivity index (χ1n) is 9.85. The number of hydrogen-bond donors (Lipinski definition) is 1. The van der Waals surface area contributed by atoms with E-state index in [0.717, 1.165) is 54.2 Å². The van der Waals surface area contributed by atoms with Crippen molar-refractivity contribution in [3.05, 3.63) is 65.0 Å². The molecule has 1 aliphatic heterocycles. The normalized spacial score (nSPS) is 14.2. The van der Waals surface area contributed by atoms with Crippen molar-refractivity contribution in [2.75, 3.05) is 6.54 Å². The van der Waals surface area contributed by atoms with Gasteiger partial charge in [-0.3, -0.25) is 4.68 Å². The van der Waals surface area contributed by atoms with Crippen LogP contribution < -0.4 is 5.32 Å². The Morgan fingerprint density at radius 1 is 1.04 bits per heavy atom. The number of hydrogen-bond acceptors (Lipinski definition) is 4. The molecule has 0 radical (unpaired) electrons. The van der Waals surface area contributed by atoms with Crippen molar-refractivity contribution >= 4 is 11.0 Å². The van der Waals surface area contributed by atoms with Gasteiger partial charge in [0, 0.05) is 18.5 Å². The fourth-order valence-corrected chi connectivity index (χ4v) is 4.05. The zero-order valence-corrected chi connectivity index (χ0v) is 16.3. The minimum Gasteiger partial charge on any atom is -0.311 e. The first-order valence-corrected chi connectivity index (χ1v) is 9.85. The second-order valence-corrected chi connectivity index (χ2v) is 7.53. The zero-order valence-electron chi connectivity index (χ0n) is 16.3. The second-order valence-electron chi connectivity index (χ2n) is 7.53. The SMILES string of the molecule is Cc1cc(-c2cc3n(n2)CCCNC3)nc2c1c(C)nn2Cc1ccccc1. The lowest BCUT2D eigenvalue weighted by molar-refractivity contribution is 0.588. The molecule has 0 spiro atoms. The summed E-state index contributed by atoms with van der Waals surface area (Å²) in [6.07, 6.45) is 1.10. The molecule has 1 N–H and O–H groups in total. The van der Waals surface area contributed by atoms with Crippen molar-refractivity contribution in [3.63, 3.8) is 0 Å². The number of benzene rings is 1. The zero-order chi connectivity index (χ0) is 19.1. The molecule has 3 aromatic heterocycles. The average Bonchev–Trinajstić information content (AvgIpc) is 3.16. The van der Waals surface area contributed by atoms with Crippen LogP contribution in [0.3, 0.4) is 0 Å². The van der Waals surface area contributed by atoms with Gasteiger partial charge in [-0.1, -0.05) is 30.3 Å². The molecule has 0 amide bonds. The third-order valence-corrected chi connectivity index (χ3v) is 5.41. The molecule has 0 aliphatic carbocycles. The highest BCUT2D eigenvalue weighted by Crippen LogP contribution is 2.27. The average molecular weight is 372 g/mol. The van der Waals surface area contributed by atoms with E-state index >= 15 is 0 Å². The third kappa shape index (κ3) is 2.99. The lowest BCUT2D eigenvalue weighted by Gasteiger charge is -2.06. The van der Waals surface area contributed by atoms with Gasteiger partial charge in [0.15, 0.2) is 5.65 Å². The molecule has 0 fully saturated rings. The van der Waals surface area contributed by atoms with E-state index in [1.165, 1.54) is 16.8 Å². The molecule has 142 valence electrons. The molecule has 6 nitrogen and oxygen atoms in total. The smallest absolute Gasteiger partial charge is 0.159 e. The molecular weight excluding hydrogens is 348 g/mol. The van der Waals surface area contributed by atoms with Crippen LogP contribution in [0.15, 0.2) is 42.5 Å². The van der Waals surface area contributed by atoms with E-state index in [0.29, 0.717) is 6.54 Å².